The summed E-state index contributed by atoms with van der Waals surface area (Å²) < 4.78 is 34.5. The average Bonchev–Trinajstić information content (AvgIpc) is 2.52. The first-order valence-electron chi connectivity index (χ1n) is 9.34. The molecule has 1 saturated heterocycles. The van der Waals surface area contributed by atoms with E-state index in [4.69, 9.17) is 0 Å². The molecule has 1 unspecified atom stereocenters. The minimum absolute atomic E-state index is 0.208. The van der Waals surface area contributed by atoms with Crippen molar-refractivity contribution in [1.82, 2.24) is 15.5 Å². The molecule has 1 aliphatic heterocycles. The van der Waals surface area contributed by atoms with Crippen LogP contribution in [0.4, 0.5) is 0 Å². The van der Waals surface area contributed by atoms with E-state index in [0.29, 0.717) is 24.9 Å². The predicted molar refractivity (Wildman–Crippen MR) is 111 cm³/mol. The van der Waals surface area contributed by atoms with Crippen LogP contribution in [0.15, 0.2) is 4.99 Å². The molecule has 9 heteroatoms. The van der Waals surface area contributed by atoms with Gasteiger partial charge < -0.3 is 15.5 Å². The van der Waals surface area contributed by atoms with Crippen molar-refractivity contribution < 1.29 is 12.6 Å². The standard InChI is InChI=1S/C17H36N4O3S2/c1-6-18-16(19-9-13-25(22)17(2,3)4)20-15-7-10-21(11-8-15)12-14-26(5,23)24/h15H,6-14H2,1-5H3,(H2,18,19,20). The third-order valence-electron chi connectivity index (χ3n) is 4.28. The second-order valence-corrected chi connectivity index (χ2v) is 12.4. The lowest BCUT2D eigenvalue weighted by Gasteiger charge is -2.32. The fraction of sp³-hybridized carbons (Fsp3) is 0.941. The number of guanidine groups is 1. The molecule has 1 rings (SSSR count). The van der Waals surface area contributed by atoms with E-state index < -0.39 is 20.6 Å². The number of likely N-dealkylation sites (tertiary alicyclic amines) is 1. The zero-order valence-electron chi connectivity index (χ0n) is 16.9. The minimum atomic E-state index is -2.90. The van der Waals surface area contributed by atoms with E-state index in [2.05, 4.69) is 20.5 Å². The summed E-state index contributed by atoms with van der Waals surface area (Å²) in [5.41, 5.74) is 0. The summed E-state index contributed by atoms with van der Waals surface area (Å²) in [4.78, 5) is 6.76. The lowest BCUT2D eigenvalue weighted by atomic mass is 10.1. The van der Waals surface area contributed by atoms with E-state index in [1.54, 1.807) is 0 Å². The molecule has 1 aliphatic rings. The highest BCUT2D eigenvalue weighted by molar-refractivity contribution is 7.90. The number of hydrogen-bond donors (Lipinski definition) is 2. The summed E-state index contributed by atoms with van der Waals surface area (Å²) in [6, 6.07) is 0.329. The zero-order chi connectivity index (χ0) is 19.8. The van der Waals surface area contributed by atoms with Crippen molar-refractivity contribution in [1.29, 1.82) is 0 Å². The van der Waals surface area contributed by atoms with Gasteiger partial charge in [0.05, 0.1) is 12.3 Å². The molecule has 1 fully saturated rings. The largest absolute Gasteiger partial charge is 0.357 e. The molecule has 1 atom stereocenters. The van der Waals surface area contributed by atoms with Crippen LogP contribution in [-0.4, -0.2) is 84.8 Å². The molecular formula is C17H36N4O3S2. The van der Waals surface area contributed by atoms with Crippen LogP contribution in [0.1, 0.15) is 40.5 Å². The molecule has 0 spiro atoms. The predicted octanol–water partition coefficient (Wildman–Crippen LogP) is 0.598. The number of aliphatic imine (C=N–C) groups is 1. The van der Waals surface area contributed by atoms with Crippen molar-refractivity contribution >= 4 is 26.6 Å². The first-order chi connectivity index (χ1) is 12.0. The van der Waals surface area contributed by atoms with Crippen molar-refractivity contribution in [3.8, 4) is 0 Å². The van der Waals surface area contributed by atoms with E-state index in [9.17, 15) is 12.6 Å². The van der Waals surface area contributed by atoms with Gasteiger partial charge in [0.1, 0.15) is 9.84 Å². The average molecular weight is 409 g/mol. The minimum Gasteiger partial charge on any atom is -0.357 e. The Labute approximate surface area is 161 Å². The third-order valence-corrected chi connectivity index (χ3v) is 7.12. The van der Waals surface area contributed by atoms with Crippen molar-refractivity contribution in [2.75, 3.05) is 50.5 Å². The van der Waals surface area contributed by atoms with Gasteiger partial charge in [-0.3, -0.25) is 9.20 Å². The Kier molecular flexibility index (Phi) is 9.54. The van der Waals surface area contributed by atoms with Gasteiger partial charge in [0, 0.05) is 59.8 Å². The van der Waals surface area contributed by atoms with Crippen LogP contribution in [0.5, 0.6) is 0 Å². The number of rotatable bonds is 8. The van der Waals surface area contributed by atoms with Crippen molar-refractivity contribution in [2.24, 2.45) is 4.99 Å². The Morgan fingerprint density at radius 2 is 1.88 bits per heavy atom. The van der Waals surface area contributed by atoms with Gasteiger partial charge in [-0.15, -0.1) is 0 Å². The lowest BCUT2D eigenvalue weighted by molar-refractivity contribution is 0.216. The van der Waals surface area contributed by atoms with E-state index >= 15 is 0 Å². The smallest absolute Gasteiger partial charge is 0.191 e. The number of nitrogens with zero attached hydrogens (tertiary/aromatic N) is 2. The quantitative estimate of drug-likeness (QED) is 0.451. The molecule has 0 aromatic heterocycles. The van der Waals surface area contributed by atoms with Crippen molar-refractivity contribution in [3.63, 3.8) is 0 Å². The second kappa shape index (κ2) is 10.6. The van der Waals surface area contributed by atoms with Gasteiger partial charge in [-0.1, -0.05) is 0 Å². The fourth-order valence-electron chi connectivity index (χ4n) is 2.66. The summed E-state index contributed by atoms with van der Waals surface area (Å²) in [5.74, 6) is 1.55. The van der Waals surface area contributed by atoms with Gasteiger partial charge in [0.2, 0.25) is 0 Å². The molecule has 0 aromatic carbocycles. The maximum atomic E-state index is 12.1. The summed E-state index contributed by atoms with van der Waals surface area (Å²) in [6.45, 7) is 11.7. The normalized spacial score (nSPS) is 19.3. The highest BCUT2D eigenvalue weighted by Gasteiger charge is 2.21. The highest BCUT2D eigenvalue weighted by atomic mass is 32.2. The number of sulfone groups is 1. The van der Waals surface area contributed by atoms with Gasteiger partial charge in [-0.25, -0.2) is 8.42 Å². The van der Waals surface area contributed by atoms with E-state index in [1.165, 1.54) is 6.26 Å². The van der Waals surface area contributed by atoms with Crippen LogP contribution in [0.25, 0.3) is 0 Å². The Hall–Kier alpha value is -0.670. The zero-order valence-corrected chi connectivity index (χ0v) is 18.5. The molecule has 0 radical (unpaired) electrons. The van der Waals surface area contributed by atoms with Crippen LogP contribution in [0.3, 0.4) is 0 Å². The molecule has 7 nitrogen and oxygen atoms in total. The van der Waals surface area contributed by atoms with Crippen molar-refractivity contribution in [2.45, 2.75) is 51.3 Å². The Morgan fingerprint density at radius 3 is 2.38 bits per heavy atom. The van der Waals surface area contributed by atoms with Gasteiger partial charge in [-0.05, 0) is 40.5 Å². The summed E-state index contributed by atoms with van der Waals surface area (Å²) in [7, 11) is -3.80. The van der Waals surface area contributed by atoms with Crippen molar-refractivity contribution in [3.05, 3.63) is 0 Å². The molecular weight excluding hydrogens is 372 g/mol. The first-order valence-corrected chi connectivity index (χ1v) is 12.7. The number of nitrogens with one attached hydrogen (secondary N) is 2. The molecule has 154 valence electrons. The first kappa shape index (κ1) is 23.4. The molecule has 0 amide bonds. The van der Waals surface area contributed by atoms with Gasteiger partial charge in [-0.2, -0.15) is 0 Å². The molecule has 1 heterocycles. The van der Waals surface area contributed by atoms with Gasteiger partial charge >= 0.3 is 0 Å². The SMILES string of the molecule is CCNC(=NCCS(=O)C(C)(C)C)NC1CCN(CCS(C)(=O)=O)CC1. The highest BCUT2D eigenvalue weighted by Crippen LogP contribution is 2.12. The number of piperidine rings is 1. The molecule has 0 bridgehead atoms. The monoisotopic (exact) mass is 408 g/mol. The Bertz CT molecular complexity index is 577. The number of hydrogen-bond acceptors (Lipinski definition) is 5. The Morgan fingerprint density at radius 1 is 1.27 bits per heavy atom. The van der Waals surface area contributed by atoms with E-state index in [0.717, 1.165) is 38.4 Å². The van der Waals surface area contributed by atoms with E-state index in [1.807, 2.05) is 27.7 Å². The maximum Gasteiger partial charge on any atom is 0.191 e. The van der Waals surface area contributed by atoms with Crippen LogP contribution in [0, 0.1) is 0 Å². The summed E-state index contributed by atoms with van der Waals surface area (Å²) >= 11 is 0. The van der Waals surface area contributed by atoms with Crippen LogP contribution in [-0.2, 0) is 20.6 Å². The van der Waals surface area contributed by atoms with Crippen LogP contribution < -0.4 is 10.6 Å². The molecule has 2 N–H and O–H groups in total. The second-order valence-electron chi connectivity index (χ2n) is 7.81. The van der Waals surface area contributed by atoms with Gasteiger partial charge in [0.25, 0.3) is 0 Å². The molecule has 26 heavy (non-hydrogen) atoms. The topological polar surface area (TPSA) is 90.9 Å². The molecule has 0 aliphatic carbocycles. The molecule has 0 saturated carbocycles. The lowest BCUT2D eigenvalue weighted by Crippen LogP contribution is -2.49. The molecule has 0 aromatic rings. The fourth-order valence-corrected chi connectivity index (χ4v) is 4.12. The van der Waals surface area contributed by atoms with Gasteiger partial charge in [0.15, 0.2) is 5.96 Å². The maximum absolute atomic E-state index is 12.1. The van der Waals surface area contributed by atoms with E-state index in [-0.39, 0.29) is 10.5 Å². The summed E-state index contributed by atoms with van der Waals surface area (Å²) in [5, 5.41) is 6.70. The Balaban J connectivity index is 2.43. The summed E-state index contributed by atoms with van der Waals surface area (Å²) in [6.07, 6.45) is 3.21. The third kappa shape index (κ3) is 9.87. The van der Waals surface area contributed by atoms with Crippen LogP contribution in [0.2, 0.25) is 0 Å². The van der Waals surface area contributed by atoms with Crippen LogP contribution >= 0.6 is 0 Å².